The fourth-order valence-corrected chi connectivity index (χ4v) is 3.19. The van der Waals surface area contributed by atoms with Crippen LogP contribution in [-0.4, -0.2) is 63.9 Å². The van der Waals surface area contributed by atoms with Crippen molar-refractivity contribution in [3.8, 4) is 0 Å². The monoisotopic (exact) mass is 361 g/mol. The fourth-order valence-electron chi connectivity index (χ4n) is 2.64. The summed E-state index contributed by atoms with van der Waals surface area (Å²) in [5, 5.41) is 20.3. The van der Waals surface area contributed by atoms with E-state index in [1.165, 1.54) is 24.1 Å². The van der Waals surface area contributed by atoms with Gasteiger partial charge in [0.1, 0.15) is 30.2 Å². The number of fused-ring (bicyclic) bond motifs is 1. The Morgan fingerprint density at radius 2 is 2.04 bits per heavy atom. The largest absolute Gasteiger partial charge is 0.469 e. The molecule has 0 amide bonds. The zero-order valence-electron chi connectivity index (χ0n) is 12.4. The van der Waals surface area contributed by atoms with Gasteiger partial charge in [0.2, 0.25) is 0 Å². The van der Waals surface area contributed by atoms with Gasteiger partial charge in [-0.2, -0.15) is 0 Å². The van der Waals surface area contributed by atoms with Crippen LogP contribution in [0.5, 0.6) is 0 Å². The summed E-state index contributed by atoms with van der Waals surface area (Å²) in [7, 11) is -4.78. The maximum absolute atomic E-state index is 10.9. The van der Waals surface area contributed by atoms with E-state index in [1.807, 2.05) is 0 Å². The molecule has 2 aromatic rings. The molecule has 0 aliphatic carbocycles. The maximum Gasteiger partial charge on any atom is 0.469 e. The number of nitrogens with zero attached hydrogens (tertiary/aromatic N) is 4. The maximum atomic E-state index is 10.9. The highest BCUT2D eigenvalue weighted by molar-refractivity contribution is 7.46. The first-order chi connectivity index (χ1) is 11.2. The molecule has 0 bridgehead atoms. The lowest BCUT2D eigenvalue weighted by atomic mass is 10.1. The van der Waals surface area contributed by atoms with Crippen molar-refractivity contribution in [3.63, 3.8) is 0 Å². The molecule has 6 N–H and O–H groups in total. The summed E-state index contributed by atoms with van der Waals surface area (Å²) in [6.45, 7) is 1.31. The number of hydrogen-bond acceptors (Lipinski definition) is 9. The van der Waals surface area contributed by atoms with E-state index in [1.54, 1.807) is 0 Å². The minimum Gasteiger partial charge on any atom is -0.387 e. The molecule has 13 heteroatoms. The Labute approximate surface area is 135 Å². The molecule has 1 aliphatic heterocycles. The van der Waals surface area contributed by atoms with Crippen molar-refractivity contribution < 1.29 is 33.8 Å². The number of imidazole rings is 1. The SMILES string of the molecule is C[C@H](OP(=O)(O)O)[C@H]1OC(n2cnc3c(N)ncnc32)[C@H](O)[C@@H]1O. The molecule has 0 spiro atoms. The highest BCUT2D eigenvalue weighted by atomic mass is 31.2. The van der Waals surface area contributed by atoms with Gasteiger partial charge in [0, 0.05) is 0 Å². The Bertz CT molecular complexity index is 794. The van der Waals surface area contributed by atoms with Gasteiger partial charge in [0.25, 0.3) is 0 Å². The molecule has 1 unspecified atom stereocenters. The van der Waals surface area contributed by atoms with Crippen molar-refractivity contribution in [2.75, 3.05) is 5.73 Å². The molecule has 1 aliphatic rings. The average Bonchev–Trinajstić information content (AvgIpc) is 3.01. The second-order valence-corrected chi connectivity index (χ2v) is 6.55. The first-order valence-corrected chi connectivity index (χ1v) is 8.40. The lowest BCUT2D eigenvalue weighted by molar-refractivity contribution is -0.0757. The average molecular weight is 361 g/mol. The molecule has 12 nitrogen and oxygen atoms in total. The summed E-state index contributed by atoms with van der Waals surface area (Å²) < 4.78 is 22.3. The number of phosphoric ester groups is 1. The van der Waals surface area contributed by atoms with Gasteiger partial charge in [0.05, 0.1) is 12.4 Å². The lowest BCUT2D eigenvalue weighted by Gasteiger charge is -2.22. The van der Waals surface area contributed by atoms with Crippen molar-refractivity contribution in [2.24, 2.45) is 0 Å². The summed E-state index contributed by atoms with van der Waals surface area (Å²) in [4.78, 5) is 29.6. The molecule has 132 valence electrons. The van der Waals surface area contributed by atoms with Crippen molar-refractivity contribution in [2.45, 2.75) is 37.6 Å². The third kappa shape index (κ3) is 3.00. The number of hydrogen-bond donors (Lipinski definition) is 5. The third-order valence-corrected chi connectivity index (χ3v) is 4.31. The normalized spacial score (nSPS) is 29.2. The van der Waals surface area contributed by atoms with Crippen molar-refractivity contribution in [1.29, 1.82) is 0 Å². The summed E-state index contributed by atoms with van der Waals surface area (Å²) in [5.74, 6) is 0.140. The first kappa shape index (κ1) is 17.2. The molecule has 1 fully saturated rings. The quantitative estimate of drug-likeness (QED) is 0.400. The summed E-state index contributed by atoms with van der Waals surface area (Å²) in [6, 6.07) is 0. The van der Waals surface area contributed by atoms with E-state index in [0.29, 0.717) is 5.52 Å². The molecule has 0 aromatic carbocycles. The van der Waals surface area contributed by atoms with Crippen LogP contribution in [0.25, 0.3) is 11.2 Å². The number of phosphoric acid groups is 1. The Hall–Kier alpha value is -1.66. The van der Waals surface area contributed by atoms with E-state index >= 15 is 0 Å². The number of anilines is 1. The molecule has 5 atom stereocenters. The minimum atomic E-state index is -4.78. The molecular formula is C11H16N5O7P. The molecule has 0 radical (unpaired) electrons. The number of ether oxygens (including phenoxy) is 1. The first-order valence-electron chi connectivity index (χ1n) is 6.87. The Morgan fingerprint density at radius 1 is 1.33 bits per heavy atom. The predicted molar refractivity (Wildman–Crippen MR) is 78.3 cm³/mol. The van der Waals surface area contributed by atoms with Gasteiger partial charge in [-0.1, -0.05) is 0 Å². The molecule has 24 heavy (non-hydrogen) atoms. The number of aliphatic hydroxyl groups excluding tert-OH is 2. The fraction of sp³-hybridized carbons (Fsp3) is 0.545. The van der Waals surface area contributed by atoms with Gasteiger partial charge in [0.15, 0.2) is 17.7 Å². The Balaban J connectivity index is 1.89. The second-order valence-electron chi connectivity index (χ2n) is 5.36. The van der Waals surface area contributed by atoms with Crippen LogP contribution in [0.15, 0.2) is 12.7 Å². The minimum absolute atomic E-state index is 0.140. The van der Waals surface area contributed by atoms with Crippen LogP contribution >= 0.6 is 7.82 Å². The second kappa shape index (κ2) is 6.01. The van der Waals surface area contributed by atoms with Crippen LogP contribution in [0.4, 0.5) is 5.82 Å². The van der Waals surface area contributed by atoms with E-state index in [2.05, 4.69) is 19.5 Å². The van der Waals surface area contributed by atoms with Crippen LogP contribution in [0.1, 0.15) is 13.2 Å². The molecule has 2 aromatic heterocycles. The number of nitrogens with two attached hydrogens (primary N) is 1. The number of aliphatic hydroxyl groups is 2. The van der Waals surface area contributed by atoms with Gasteiger partial charge in [-0.25, -0.2) is 19.5 Å². The number of aromatic nitrogens is 4. The van der Waals surface area contributed by atoms with Crippen LogP contribution < -0.4 is 5.73 Å². The topological polar surface area (TPSA) is 186 Å². The van der Waals surface area contributed by atoms with E-state index in [4.69, 9.17) is 20.3 Å². The van der Waals surface area contributed by atoms with Gasteiger partial charge < -0.3 is 30.5 Å². The van der Waals surface area contributed by atoms with Crippen molar-refractivity contribution >= 4 is 24.8 Å². The molecular weight excluding hydrogens is 345 g/mol. The van der Waals surface area contributed by atoms with Gasteiger partial charge in [-0.15, -0.1) is 0 Å². The lowest BCUT2D eigenvalue weighted by Crippen LogP contribution is -2.38. The zero-order chi connectivity index (χ0) is 17.6. The van der Waals surface area contributed by atoms with E-state index in [9.17, 15) is 14.8 Å². The van der Waals surface area contributed by atoms with E-state index in [-0.39, 0.29) is 11.5 Å². The Kier molecular flexibility index (Phi) is 4.30. The van der Waals surface area contributed by atoms with Crippen LogP contribution in [0.3, 0.4) is 0 Å². The third-order valence-electron chi connectivity index (χ3n) is 3.70. The van der Waals surface area contributed by atoms with Gasteiger partial charge in [-0.05, 0) is 6.92 Å². The van der Waals surface area contributed by atoms with E-state index in [0.717, 1.165) is 0 Å². The summed E-state index contributed by atoms with van der Waals surface area (Å²) >= 11 is 0. The number of nitrogen functional groups attached to an aromatic ring is 1. The van der Waals surface area contributed by atoms with Gasteiger partial charge >= 0.3 is 7.82 Å². The standard InChI is InChI=1S/C11H16N5O7P/c1-4(23-24(19,20)21)8-6(17)7(18)11(22-8)16-3-15-5-9(12)13-2-14-10(5)16/h2-4,6-8,11,17-18H,1H3,(H2,12,13,14)(H2,19,20,21)/t4-,6-,7+,8+,11?/m0/s1. The summed E-state index contributed by atoms with van der Waals surface area (Å²) in [6.07, 6.45) is -3.74. The van der Waals surface area contributed by atoms with E-state index < -0.39 is 38.5 Å². The highest BCUT2D eigenvalue weighted by Crippen LogP contribution is 2.41. The number of rotatable bonds is 4. The van der Waals surface area contributed by atoms with Crippen LogP contribution in [-0.2, 0) is 13.8 Å². The van der Waals surface area contributed by atoms with Crippen molar-refractivity contribution in [1.82, 2.24) is 19.5 Å². The van der Waals surface area contributed by atoms with Gasteiger partial charge in [-0.3, -0.25) is 9.09 Å². The zero-order valence-corrected chi connectivity index (χ0v) is 13.3. The molecule has 0 saturated carbocycles. The molecule has 1 saturated heterocycles. The predicted octanol–water partition coefficient (Wildman–Crippen LogP) is -1.47. The highest BCUT2D eigenvalue weighted by Gasteiger charge is 2.48. The van der Waals surface area contributed by atoms with Crippen molar-refractivity contribution in [3.05, 3.63) is 12.7 Å². The molecule has 3 heterocycles. The smallest absolute Gasteiger partial charge is 0.387 e. The van der Waals surface area contributed by atoms with Crippen LogP contribution in [0.2, 0.25) is 0 Å². The summed E-state index contributed by atoms with van der Waals surface area (Å²) in [5.41, 5.74) is 6.27. The van der Waals surface area contributed by atoms with Crippen LogP contribution in [0, 0.1) is 0 Å². The molecule has 3 rings (SSSR count). The Morgan fingerprint density at radius 3 is 2.71 bits per heavy atom.